The van der Waals surface area contributed by atoms with Gasteiger partial charge in [-0.15, -0.1) is 0 Å². The minimum atomic E-state index is -0.353. The summed E-state index contributed by atoms with van der Waals surface area (Å²) in [7, 11) is 0. The monoisotopic (exact) mass is 679 g/mol. The Hall–Kier alpha value is -4.85. The van der Waals surface area contributed by atoms with Gasteiger partial charge in [-0.3, -0.25) is 9.79 Å². The Morgan fingerprint density at radius 3 is 1.46 bits per heavy atom. The van der Waals surface area contributed by atoms with Crippen molar-refractivity contribution in [2.75, 3.05) is 19.8 Å². The molecule has 50 heavy (non-hydrogen) atoms. The van der Waals surface area contributed by atoms with Gasteiger partial charge in [-0.2, -0.15) is 10.2 Å². The van der Waals surface area contributed by atoms with Crippen LogP contribution in [0.25, 0.3) is 0 Å². The molecule has 8 nitrogen and oxygen atoms in total. The maximum Gasteiger partial charge on any atom is 0.330 e. The molecule has 0 radical (unpaired) electrons. The van der Waals surface area contributed by atoms with Gasteiger partial charge in [0.1, 0.15) is 11.5 Å². The highest BCUT2D eigenvalue weighted by molar-refractivity contribution is 5.88. The Morgan fingerprint density at radius 1 is 0.520 bits per heavy atom. The van der Waals surface area contributed by atoms with Crippen molar-refractivity contribution in [3.05, 3.63) is 104 Å². The van der Waals surface area contributed by atoms with Crippen LogP contribution in [0.5, 0.6) is 11.5 Å². The third kappa shape index (κ3) is 18.1. The zero-order valence-electron chi connectivity index (χ0n) is 29.5. The van der Waals surface area contributed by atoms with E-state index in [0.29, 0.717) is 26.2 Å². The number of carbonyl (C=O) groups excluding carboxylic acids is 2. The van der Waals surface area contributed by atoms with Crippen LogP contribution in [0.3, 0.4) is 0 Å². The van der Waals surface area contributed by atoms with Gasteiger partial charge in [-0.25, -0.2) is 4.79 Å². The number of benzene rings is 3. The topological polar surface area (TPSA) is 98.9 Å². The number of esters is 1. The highest BCUT2D eigenvalue weighted by Gasteiger charge is 2.00. The van der Waals surface area contributed by atoms with Crippen molar-refractivity contribution in [2.45, 2.75) is 89.9 Å². The first-order chi connectivity index (χ1) is 24.6. The zero-order chi connectivity index (χ0) is 35.5. The molecule has 0 aliphatic heterocycles. The molecule has 266 valence electrons. The predicted octanol–water partition coefficient (Wildman–Crippen LogP) is 11.6. The summed E-state index contributed by atoms with van der Waals surface area (Å²) in [6.45, 7) is 8.76. The van der Waals surface area contributed by atoms with Gasteiger partial charge < -0.3 is 14.2 Å². The van der Waals surface area contributed by atoms with Crippen molar-refractivity contribution < 1.29 is 23.8 Å². The second kappa shape index (κ2) is 25.2. The number of hydrogen-bond acceptors (Lipinski definition) is 8. The number of allylic oxidation sites excluding steroid dienone is 1. The average Bonchev–Trinajstić information content (AvgIpc) is 3.15. The molecule has 0 bridgehead atoms. The summed E-state index contributed by atoms with van der Waals surface area (Å²) >= 11 is 0. The van der Waals surface area contributed by atoms with Crippen molar-refractivity contribution in [3.8, 4) is 11.5 Å². The number of hydrogen-bond donors (Lipinski definition) is 0. The first-order valence-electron chi connectivity index (χ1n) is 18.0. The van der Waals surface area contributed by atoms with Gasteiger partial charge in [0, 0.05) is 18.7 Å². The van der Waals surface area contributed by atoms with Crippen molar-refractivity contribution in [1.29, 1.82) is 0 Å². The standard InChI is InChI=1S/C42H53N3O5/c1-3-39(46)18-14-10-6-5-7-11-15-31-48-40-27-23-36(24-28-40)43-34-35-19-21-37(22-20-35)44-45-38-25-29-41(30-26-38)49-32-16-12-8-9-13-17-33-50-42(47)4-2/h3-4,19-30,34H,1-2,5-18,31-33H2. The van der Waals surface area contributed by atoms with Gasteiger partial charge in [0.25, 0.3) is 0 Å². The lowest BCUT2D eigenvalue weighted by Gasteiger charge is -2.06. The molecule has 0 saturated carbocycles. The molecule has 0 aliphatic carbocycles. The SMILES string of the molecule is C=CC(=O)CCCCCCCCCOc1ccc(N=Cc2ccc(N=Nc3ccc(OCCCCCCCCOC(=O)C=C)cc3)cc2)cc1. The summed E-state index contributed by atoms with van der Waals surface area (Å²) < 4.78 is 16.7. The number of unbranched alkanes of at least 4 members (excludes halogenated alkanes) is 11. The Kier molecular flexibility index (Phi) is 19.9. The lowest BCUT2D eigenvalue weighted by molar-refractivity contribution is -0.137. The summed E-state index contributed by atoms with van der Waals surface area (Å²) in [6.07, 6.45) is 19.2. The molecule has 3 aromatic rings. The Morgan fingerprint density at radius 2 is 0.960 bits per heavy atom. The lowest BCUT2D eigenvalue weighted by Crippen LogP contribution is -2.01. The van der Waals surface area contributed by atoms with Gasteiger partial charge in [0.2, 0.25) is 0 Å². The van der Waals surface area contributed by atoms with Crippen LogP contribution in [0.15, 0.2) is 113 Å². The summed E-state index contributed by atoms with van der Waals surface area (Å²) in [6, 6.07) is 23.2. The maximum atomic E-state index is 11.2. The molecular weight excluding hydrogens is 626 g/mol. The smallest absolute Gasteiger partial charge is 0.330 e. The van der Waals surface area contributed by atoms with Crippen molar-refractivity contribution in [3.63, 3.8) is 0 Å². The highest BCUT2D eigenvalue weighted by atomic mass is 16.5. The van der Waals surface area contributed by atoms with E-state index in [1.807, 2.05) is 79.0 Å². The number of ether oxygens (including phenoxy) is 3. The molecule has 0 unspecified atom stereocenters. The molecule has 0 atom stereocenters. The molecule has 0 amide bonds. The Balaban J connectivity index is 1.25. The average molecular weight is 680 g/mol. The van der Waals surface area contributed by atoms with E-state index in [9.17, 15) is 9.59 Å². The van der Waals surface area contributed by atoms with Crippen LogP contribution in [-0.4, -0.2) is 37.8 Å². The fourth-order valence-electron chi connectivity index (χ4n) is 5.04. The van der Waals surface area contributed by atoms with E-state index in [2.05, 4.69) is 28.4 Å². The number of azo groups is 1. The first kappa shape index (κ1) is 39.6. The molecule has 0 heterocycles. The summed E-state index contributed by atoms with van der Waals surface area (Å²) in [4.78, 5) is 26.8. The van der Waals surface area contributed by atoms with E-state index in [-0.39, 0.29) is 11.8 Å². The molecule has 0 N–H and O–H groups in total. The van der Waals surface area contributed by atoms with Gasteiger partial charge in [0.05, 0.1) is 36.9 Å². The number of ketones is 1. The van der Waals surface area contributed by atoms with Crippen LogP contribution in [0.1, 0.15) is 95.5 Å². The molecule has 0 saturated heterocycles. The summed E-state index contributed by atoms with van der Waals surface area (Å²) in [5.74, 6) is 1.47. The maximum absolute atomic E-state index is 11.2. The number of rotatable bonds is 27. The molecule has 0 spiro atoms. The molecule has 3 rings (SSSR count). The summed E-state index contributed by atoms with van der Waals surface area (Å²) in [5.41, 5.74) is 3.36. The fourth-order valence-corrected chi connectivity index (χ4v) is 5.04. The third-order valence-corrected chi connectivity index (χ3v) is 7.99. The van der Waals surface area contributed by atoms with Crippen molar-refractivity contribution in [2.24, 2.45) is 15.2 Å². The second-order valence-electron chi connectivity index (χ2n) is 12.1. The Bertz CT molecular complexity index is 1350. The molecule has 0 fully saturated rings. The number of carbonyl (C=O) groups is 2. The predicted molar refractivity (Wildman–Crippen MR) is 203 cm³/mol. The second-order valence-corrected chi connectivity index (χ2v) is 12.1. The minimum absolute atomic E-state index is 0.147. The normalized spacial score (nSPS) is 11.1. The van der Waals surface area contributed by atoms with E-state index in [4.69, 9.17) is 14.2 Å². The van der Waals surface area contributed by atoms with Gasteiger partial charge in [0.15, 0.2) is 5.78 Å². The highest BCUT2D eigenvalue weighted by Crippen LogP contribution is 2.23. The van der Waals surface area contributed by atoms with Crippen molar-refractivity contribution in [1.82, 2.24) is 0 Å². The zero-order valence-corrected chi connectivity index (χ0v) is 29.5. The fraction of sp³-hybridized carbons (Fsp3) is 0.405. The van der Waals surface area contributed by atoms with Crippen LogP contribution in [0.4, 0.5) is 17.1 Å². The van der Waals surface area contributed by atoms with E-state index in [1.54, 1.807) is 0 Å². The molecule has 0 aromatic heterocycles. The molecule has 0 aliphatic rings. The molecule has 8 heteroatoms. The van der Waals surface area contributed by atoms with Crippen LogP contribution in [0, 0.1) is 0 Å². The third-order valence-electron chi connectivity index (χ3n) is 7.99. The molecular formula is C42H53N3O5. The van der Waals surface area contributed by atoms with E-state index in [1.165, 1.54) is 31.4 Å². The number of nitrogens with zero attached hydrogens (tertiary/aromatic N) is 3. The van der Waals surface area contributed by atoms with Gasteiger partial charge in [-0.1, -0.05) is 83.1 Å². The lowest BCUT2D eigenvalue weighted by atomic mass is 10.1. The van der Waals surface area contributed by atoms with Crippen molar-refractivity contribution >= 4 is 35.0 Å². The minimum Gasteiger partial charge on any atom is -0.494 e. The number of aliphatic imine (C=N–C) groups is 1. The van der Waals surface area contributed by atoms with E-state index in [0.717, 1.165) is 98.3 Å². The van der Waals surface area contributed by atoms with E-state index >= 15 is 0 Å². The van der Waals surface area contributed by atoms with E-state index < -0.39 is 0 Å². The Labute approximate surface area is 298 Å². The van der Waals surface area contributed by atoms with Gasteiger partial charge in [-0.05, 0) is 98.0 Å². The molecule has 3 aromatic carbocycles. The largest absolute Gasteiger partial charge is 0.494 e. The quantitative estimate of drug-likeness (QED) is 0.0262. The van der Waals surface area contributed by atoms with Gasteiger partial charge >= 0.3 is 5.97 Å². The van der Waals surface area contributed by atoms with Crippen LogP contribution in [0.2, 0.25) is 0 Å². The van der Waals surface area contributed by atoms with Crippen LogP contribution >= 0.6 is 0 Å². The summed E-state index contributed by atoms with van der Waals surface area (Å²) in [5, 5.41) is 8.71. The van der Waals surface area contributed by atoms with Crippen LogP contribution in [-0.2, 0) is 14.3 Å². The van der Waals surface area contributed by atoms with Crippen LogP contribution < -0.4 is 9.47 Å². The first-order valence-corrected chi connectivity index (χ1v) is 18.0.